The number of benzene rings is 2. The standard InChI is InChI=1S/C19H19N3O3/c1-12-15-9-4-5-10-16(15)25-17(12)19(24)21-20-18(23)13-7-6-8-14(11-13)22(2)3/h4-11H,1-3H3,(H,20,23)(H,21,24). The molecule has 0 spiro atoms. The van der Waals surface area contributed by atoms with Crippen molar-refractivity contribution >= 4 is 28.5 Å². The van der Waals surface area contributed by atoms with Crippen molar-refractivity contribution in [2.75, 3.05) is 19.0 Å². The summed E-state index contributed by atoms with van der Waals surface area (Å²) in [5.74, 6) is -0.708. The second kappa shape index (κ2) is 6.68. The number of hydrazine groups is 1. The van der Waals surface area contributed by atoms with Crippen molar-refractivity contribution < 1.29 is 14.0 Å². The van der Waals surface area contributed by atoms with Crippen LogP contribution in [0, 0.1) is 6.92 Å². The number of nitrogens with one attached hydrogen (secondary N) is 2. The molecule has 3 aromatic rings. The van der Waals surface area contributed by atoms with E-state index in [-0.39, 0.29) is 5.76 Å². The number of aryl methyl sites for hydroxylation is 1. The summed E-state index contributed by atoms with van der Waals surface area (Å²) in [4.78, 5) is 26.5. The zero-order chi connectivity index (χ0) is 18.0. The van der Waals surface area contributed by atoms with Gasteiger partial charge in [0.2, 0.25) is 0 Å². The molecule has 0 atom stereocenters. The fourth-order valence-electron chi connectivity index (χ4n) is 2.56. The number of nitrogens with zero attached hydrogens (tertiary/aromatic N) is 1. The normalized spacial score (nSPS) is 10.5. The van der Waals surface area contributed by atoms with Crippen LogP contribution in [0.2, 0.25) is 0 Å². The molecule has 0 saturated carbocycles. The smallest absolute Gasteiger partial charge is 0.305 e. The molecule has 2 aromatic carbocycles. The molecule has 6 nitrogen and oxygen atoms in total. The zero-order valence-corrected chi connectivity index (χ0v) is 14.3. The van der Waals surface area contributed by atoms with Crippen molar-refractivity contribution in [1.29, 1.82) is 0 Å². The second-order valence-corrected chi connectivity index (χ2v) is 5.91. The molecule has 0 aliphatic rings. The Labute approximate surface area is 145 Å². The molecule has 0 aliphatic carbocycles. The van der Waals surface area contributed by atoms with Gasteiger partial charge >= 0.3 is 5.91 Å². The van der Waals surface area contributed by atoms with Crippen LogP contribution in [0.1, 0.15) is 26.5 Å². The Bertz CT molecular complexity index is 944. The van der Waals surface area contributed by atoms with Crippen LogP contribution in [-0.4, -0.2) is 25.9 Å². The summed E-state index contributed by atoms with van der Waals surface area (Å²) < 4.78 is 5.58. The average molecular weight is 337 g/mol. The third-order valence-electron chi connectivity index (χ3n) is 3.96. The molecule has 2 N–H and O–H groups in total. The Morgan fingerprint density at radius 3 is 2.40 bits per heavy atom. The highest BCUT2D eigenvalue weighted by Gasteiger charge is 2.18. The Morgan fingerprint density at radius 1 is 0.960 bits per heavy atom. The van der Waals surface area contributed by atoms with E-state index in [4.69, 9.17) is 4.42 Å². The number of hydrogen-bond donors (Lipinski definition) is 2. The molecule has 0 radical (unpaired) electrons. The largest absolute Gasteiger partial charge is 0.451 e. The molecule has 1 aromatic heterocycles. The topological polar surface area (TPSA) is 74.6 Å². The van der Waals surface area contributed by atoms with Crippen molar-refractivity contribution in [2.45, 2.75) is 6.92 Å². The minimum Gasteiger partial charge on any atom is -0.451 e. The van der Waals surface area contributed by atoms with Gasteiger partial charge in [0.1, 0.15) is 5.58 Å². The van der Waals surface area contributed by atoms with Crippen molar-refractivity contribution in [2.24, 2.45) is 0 Å². The third-order valence-corrected chi connectivity index (χ3v) is 3.96. The van der Waals surface area contributed by atoms with E-state index >= 15 is 0 Å². The Kier molecular flexibility index (Phi) is 4.43. The highest BCUT2D eigenvalue weighted by molar-refractivity contribution is 6.01. The van der Waals surface area contributed by atoms with E-state index in [2.05, 4.69) is 10.9 Å². The van der Waals surface area contributed by atoms with Gasteiger partial charge in [0, 0.05) is 36.3 Å². The number of carbonyl (C=O) groups is 2. The van der Waals surface area contributed by atoms with Crippen molar-refractivity contribution in [3.05, 3.63) is 65.4 Å². The molecule has 0 unspecified atom stereocenters. The van der Waals surface area contributed by atoms with E-state index in [0.29, 0.717) is 11.1 Å². The van der Waals surface area contributed by atoms with E-state index in [1.165, 1.54) is 0 Å². The summed E-state index contributed by atoms with van der Waals surface area (Å²) in [5.41, 5.74) is 7.53. The lowest BCUT2D eigenvalue weighted by Gasteiger charge is -2.13. The van der Waals surface area contributed by atoms with E-state index in [0.717, 1.165) is 16.6 Å². The summed E-state index contributed by atoms with van der Waals surface area (Å²) in [7, 11) is 3.78. The number of amides is 2. The molecule has 0 fully saturated rings. The molecule has 0 saturated heterocycles. The lowest BCUT2D eigenvalue weighted by atomic mass is 10.1. The summed E-state index contributed by atoms with van der Waals surface area (Å²) in [5, 5.41) is 0.873. The Hall–Kier alpha value is -3.28. The molecule has 128 valence electrons. The molecule has 0 bridgehead atoms. The lowest BCUT2D eigenvalue weighted by Crippen LogP contribution is -2.41. The number of hydrogen-bond acceptors (Lipinski definition) is 4. The molecule has 1 heterocycles. The quantitative estimate of drug-likeness (QED) is 0.721. The van der Waals surface area contributed by atoms with Crippen LogP contribution in [0.3, 0.4) is 0 Å². The average Bonchev–Trinajstić information content (AvgIpc) is 2.96. The first-order chi connectivity index (χ1) is 12.0. The van der Waals surface area contributed by atoms with Gasteiger partial charge in [-0.3, -0.25) is 20.4 Å². The number of para-hydroxylation sites is 1. The number of anilines is 1. The molecular weight excluding hydrogens is 318 g/mol. The van der Waals surface area contributed by atoms with Gasteiger partial charge < -0.3 is 9.32 Å². The van der Waals surface area contributed by atoms with Crippen LogP contribution in [0.5, 0.6) is 0 Å². The number of fused-ring (bicyclic) bond motifs is 1. The van der Waals surface area contributed by atoms with Crippen LogP contribution in [0.15, 0.2) is 52.9 Å². The minimum atomic E-state index is -0.495. The van der Waals surface area contributed by atoms with Crippen LogP contribution in [0.25, 0.3) is 11.0 Å². The van der Waals surface area contributed by atoms with Gasteiger partial charge in [-0.2, -0.15) is 0 Å². The molecule has 0 aliphatic heterocycles. The van der Waals surface area contributed by atoms with Gasteiger partial charge in [-0.15, -0.1) is 0 Å². The first kappa shape index (κ1) is 16.6. The van der Waals surface area contributed by atoms with E-state index < -0.39 is 11.8 Å². The van der Waals surface area contributed by atoms with Crippen LogP contribution in [0.4, 0.5) is 5.69 Å². The van der Waals surface area contributed by atoms with Gasteiger partial charge in [0.25, 0.3) is 5.91 Å². The number of rotatable bonds is 3. The molecule has 25 heavy (non-hydrogen) atoms. The molecular formula is C19H19N3O3. The van der Waals surface area contributed by atoms with Crippen LogP contribution < -0.4 is 15.8 Å². The van der Waals surface area contributed by atoms with E-state index in [9.17, 15) is 9.59 Å². The second-order valence-electron chi connectivity index (χ2n) is 5.91. The first-order valence-electron chi connectivity index (χ1n) is 7.83. The molecule has 2 amide bonds. The maximum atomic E-state index is 12.3. The predicted molar refractivity (Wildman–Crippen MR) is 96.7 cm³/mol. The van der Waals surface area contributed by atoms with Gasteiger partial charge in [0.05, 0.1) is 0 Å². The van der Waals surface area contributed by atoms with Crippen molar-refractivity contribution in [3.63, 3.8) is 0 Å². The maximum Gasteiger partial charge on any atom is 0.305 e. The Balaban J connectivity index is 1.72. The number of carbonyl (C=O) groups excluding carboxylic acids is 2. The fraction of sp³-hybridized carbons (Fsp3) is 0.158. The van der Waals surface area contributed by atoms with Gasteiger partial charge in [0.15, 0.2) is 5.76 Å². The summed E-state index contributed by atoms with van der Waals surface area (Å²) in [6, 6.07) is 14.5. The predicted octanol–water partition coefficient (Wildman–Crippen LogP) is 2.88. The highest BCUT2D eigenvalue weighted by atomic mass is 16.3. The van der Waals surface area contributed by atoms with E-state index in [1.54, 1.807) is 24.3 Å². The van der Waals surface area contributed by atoms with Gasteiger partial charge in [-0.25, -0.2) is 0 Å². The SMILES string of the molecule is Cc1c(C(=O)NNC(=O)c2cccc(N(C)C)c2)oc2ccccc12. The zero-order valence-electron chi connectivity index (χ0n) is 14.3. The summed E-state index contributed by atoms with van der Waals surface area (Å²) >= 11 is 0. The molecule has 3 rings (SSSR count). The lowest BCUT2D eigenvalue weighted by molar-refractivity contribution is 0.0831. The minimum absolute atomic E-state index is 0.184. The maximum absolute atomic E-state index is 12.3. The fourth-order valence-corrected chi connectivity index (χ4v) is 2.56. The van der Waals surface area contributed by atoms with E-state index in [1.807, 2.05) is 50.2 Å². The molecule has 6 heteroatoms. The van der Waals surface area contributed by atoms with Crippen molar-refractivity contribution in [3.8, 4) is 0 Å². The Morgan fingerprint density at radius 2 is 1.68 bits per heavy atom. The van der Waals surface area contributed by atoms with Gasteiger partial charge in [-0.05, 0) is 31.2 Å². The summed E-state index contributed by atoms with van der Waals surface area (Å²) in [6.07, 6.45) is 0. The van der Waals surface area contributed by atoms with Gasteiger partial charge in [-0.1, -0.05) is 24.3 Å². The summed E-state index contributed by atoms with van der Waals surface area (Å²) in [6.45, 7) is 1.81. The number of furan rings is 1. The third kappa shape index (κ3) is 3.33. The monoisotopic (exact) mass is 337 g/mol. The highest BCUT2D eigenvalue weighted by Crippen LogP contribution is 2.24. The van der Waals surface area contributed by atoms with Crippen LogP contribution in [-0.2, 0) is 0 Å². The van der Waals surface area contributed by atoms with Crippen molar-refractivity contribution in [1.82, 2.24) is 10.9 Å². The first-order valence-corrected chi connectivity index (χ1v) is 7.83. The van der Waals surface area contributed by atoms with Crippen LogP contribution >= 0.6 is 0 Å².